The zero-order valence-corrected chi connectivity index (χ0v) is 18.9. The summed E-state index contributed by atoms with van der Waals surface area (Å²) in [6.07, 6.45) is 2.46. The van der Waals surface area contributed by atoms with Gasteiger partial charge in [-0.15, -0.1) is 11.3 Å². The predicted molar refractivity (Wildman–Crippen MR) is 123 cm³/mol. The fourth-order valence-electron chi connectivity index (χ4n) is 3.82. The van der Waals surface area contributed by atoms with Crippen LogP contribution in [0, 0.1) is 6.92 Å². The van der Waals surface area contributed by atoms with Gasteiger partial charge >= 0.3 is 0 Å². The Hall–Kier alpha value is -2.86. The number of rotatable bonds is 7. The highest BCUT2D eigenvalue weighted by Gasteiger charge is 2.27. The number of thiazole rings is 1. The molecule has 0 saturated carbocycles. The smallest absolute Gasteiger partial charge is 0.265 e. The van der Waals surface area contributed by atoms with Gasteiger partial charge in [0.1, 0.15) is 11.0 Å². The molecule has 6 heteroatoms. The van der Waals surface area contributed by atoms with Crippen LogP contribution in [0.4, 0.5) is 0 Å². The molecule has 31 heavy (non-hydrogen) atoms. The van der Waals surface area contributed by atoms with Crippen molar-refractivity contribution in [2.75, 3.05) is 19.7 Å². The number of carbonyl (C=O) groups excluding carboxylic acids is 1. The minimum absolute atomic E-state index is 0.0851. The molecular weight excluding hydrogens is 408 g/mol. The minimum Gasteiger partial charge on any atom is -0.490 e. The van der Waals surface area contributed by atoms with Crippen molar-refractivity contribution in [2.24, 2.45) is 0 Å². The Morgan fingerprint density at radius 3 is 2.45 bits per heavy atom. The van der Waals surface area contributed by atoms with E-state index in [1.807, 2.05) is 61.2 Å². The van der Waals surface area contributed by atoms with Crippen molar-refractivity contribution in [3.8, 4) is 11.5 Å². The molecule has 0 radical (unpaired) electrons. The fourth-order valence-corrected chi connectivity index (χ4v) is 4.89. The van der Waals surface area contributed by atoms with Crippen molar-refractivity contribution >= 4 is 17.2 Å². The first-order valence-corrected chi connectivity index (χ1v) is 11.6. The number of benzene rings is 2. The van der Waals surface area contributed by atoms with Crippen LogP contribution >= 0.6 is 11.3 Å². The number of amides is 1. The maximum absolute atomic E-state index is 13.1. The van der Waals surface area contributed by atoms with Crippen LogP contribution < -0.4 is 9.47 Å². The SMILES string of the molecule is CCOc1ccccc1OC1CCN(C(=O)c2sc(Cc3ccccc3)nc2C)CC1. The van der Waals surface area contributed by atoms with Crippen LogP contribution in [0.3, 0.4) is 0 Å². The fraction of sp³-hybridized carbons (Fsp3) is 0.360. The van der Waals surface area contributed by atoms with E-state index < -0.39 is 0 Å². The number of ether oxygens (including phenoxy) is 2. The highest BCUT2D eigenvalue weighted by Crippen LogP contribution is 2.30. The molecule has 1 aliphatic rings. The first kappa shape index (κ1) is 21.4. The third-order valence-electron chi connectivity index (χ3n) is 5.41. The highest BCUT2D eigenvalue weighted by atomic mass is 32.1. The molecule has 1 aliphatic heterocycles. The molecule has 0 atom stereocenters. The van der Waals surface area contributed by atoms with Crippen LogP contribution in [-0.2, 0) is 6.42 Å². The van der Waals surface area contributed by atoms with E-state index in [1.165, 1.54) is 16.9 Å². The normalized spacial score (nSPS) is 14.5. The Morgan fingerprint density at radius 1 is 1.06 bits per heavy atom. The lowest BCUT2D eigenvalue weighted by atomic mass is 10.1. The van der Waals surface area contributed by atoms with Crippen molar-refractivity contribution in [2.45, 2.75) is 39.2 Å². The summed E-state index contributed by atoms with van der Waals surface area (Å²) in [4.78, 5) is 20.5. The molecule has 0 N–H and O–H groups in total. The molecule has 2 heterocycles. The van der Waals surface area contributed by atoms with E-state index >= 15 is 0 Å². The molecule has 1 amide bonds. The predicted octanol–water partition coefficient (Wildman–Crippen LogP) is 5.12. The molecule has 2 aromatic carbocycles. The van der Waals surface area contributed by atoms with Gasteiger partial charge in [0.15, 0.2) is 11.5 Å². The average Bonchev–Trinajstić information content (AvgIpc) is 3.16. The molecule has 0 spiro atoms. The summed E-state index contributed by atoms with van der Waals surface area (Å²) in [5.41, 5.74) is 2.03. The van der Waals surface area contributed by atoms with Gasteiger partial charge in [-0.2, -0.15) is 0 Å². The van der Waals surface area contributed by atoms with Crippen LogP contribution in [0.2, 0.25) is 0 Å². The van der Waals surface area contributed by atoms with Crippen molar-refractivity contribution in [3.05, 3.63) is 75.7 Å². The third kappa shape index (κ3) is 5.25. The van der Waals surface area contributed by atoms with Crippen LogP contribution in [0.15, 0.2) is 54.6 Å². The van der Waals surface area contributed by atoms with Gasteiger partial charge < -0.3 is 14.4 Å². The lowest BCUT2D eigenvalue weighted by Gasteiger charge is -2.32. The summed E-state index contributed by atoms with van der Waals surface area (Å²) < 4.78 is 11.9. The monoisotopic (exact) mass is 436 g/mol. The van der Waals surface area contributed by atoms with Gasteiger partial charge in [-0.25, -0.2) is 4.98 Å². The Balaban J connectivity index is 1.35. The van der Waals surface area contributed by atoms with E-state index in [2.05, 4.69) is 17.1 Å². The summed E-state index contributed by atoms with van der Waals surface area (Å²) in [5.74, 6) is 1.63. The first-order chi connectivity index (χ1) is 15.1. The maximum Gasteiger partial charge on any atom is 0.265 e. The second-order valence-corrected chi connectivity index (χ2v) is 8.76. The molecule has 0 aliphatic carbocycles. The largest absolute Gasteiger partial charge is 0.490 e. The number of aromatic nitrogens is 1. The molecule has 3 aromatic rings. The van der Waals surface area contributed by atoms with Gasteiger partial charge in [-0.3, -0.25) is 4.79 Å². The van der Waals surface area contributed by atoms with Crippen molar-refractivity contribution in [1.29, 1.82) is 0 Å². The number of hydrogen-bond acceptors (Lipinski definition) is 5. The molecule has 0 unspecified atom stereocenters. The zero-order valence-electron chi connectivity index (χ0n) is 18.0. The number of para-hydroxylation sites is 2. The number of hydrogen-bond donors (Lipinski definition) is 0. The van der Waals surface area contributed by atoms with E-state index in [0.717, 1.165) is 46.3 Å². The number of nitrogens with zero attached hydrogens (tertiary/aromatic N) is 2. The first-order valence-electron chi connectivity index (χ1n) is 10.8. The highest BCUT2D eigenvalue weighted by molar-refractivity contribution is 7.13. The number of likely N-dealkylation sites (tertiary alicyclic amines) is 1. The molecule has 162 valence electrons. The number of aryl methyl sites for hydroxylation is 1. The second-order valence-electron chi connectivity index (χ2n) is 7.67. The van der Waals surface area contributed by atoms with Crippen molar-refractivity contribution < 1.29 is 14.3 Å². The summed E-state index contributed by atoms with van der Waals surface area (Å²) in [5, 5.41) is 0.984. The summed E-state index contributed by atoms with van der Waals surface area (Å²) >= 11 is 1.52. The van der Waals surface area contributed by atoms with Crippen molar-refractivity contribution in [3.63, 3.8) is 0 Å². The lowest BCUT2D eigenvalue weighted by Crippen LogP contribution is -2.41. The zero-order chi connectivity index (χ0) is 21.6. The summed E-state index contributed by atoms with van der Waals surface area (Å²) in [6, 6.07) is 18.0. The molecule has 5 nitrogen and oxygen atoms in total. The van der Waals surface area contributed by atoms with Gasteiger partial charge in [0.2, 0.25) is 0 Å². The summed E-state index contributed by atoms with van der Waals surface area (Å²) in [6.45, 7) is 5.87. The average molecular weight is 437 g/mol. The molecule has 4 rings (SSSR count). The van der Waals surface area contributed by atoms with Crippen LogP contribution in [0.5, 0.6) is 11.5 Å². The van der Waals surface area contributed by atoms with Crippen LogP contribution in [-0.4, -0.2) is 41.6 Å². The van der Waals surface area contributed by atoms with Crippen LogP contribution in [0.1, 0.15) is 45.7 Å². The number of piperidine rings is 1. The van der Waals surface area contributed by atoms with E-state index in [1.54, 1.807) is 0 Å². The lowest BCUT2D eigenvalue weighted by molar-refractivity contribution is 0.0593. The number of carbonyl (C=O) groups is 1. The Labute approximate surface area is 187 Å². The van der Waals surface area contributed by atoms with Gasteiger partial charge in [-0.1, -0.05) is 42.5 Å². The van der Waals surface area contributed by atoms with E-state index in [9.17, 15) is 4.79 Å². The van der Waals surface area contributed by atoms with E-state index in [4.69, 9.17) is 9.47 Å². The third-order valence-corrected chi connectivity index (χ3v) is 6.55. The van der Waals surface area contributed by atoms with Crippen molar-refractivity contribution in [1.82, 2.24) is 9.88 Å². The topological polar surface area (TPSA) is 51.7 Å². The molecule has 1 aromatic heterocycles. The Morgan fingerprint density at radius 2 is 1.74 bits per heavy atom. The Kier molecular flexibility index (Phi) is 6.87. The molecule has 1 fully saturated rings. The molecular formula is C25H28N2O3S. The van der Waals surface area contributed by atoms with Gasteiger partial charge in [0.05, 0.1) is 17.3 Å². The van der Waals surface area contributed by atoms with E-state index in [0.29, 0.717) is 19.7 Å². The summed E-state index contributed by atoms with van der Waals surface area (Å²) in [7, 11) is 0. The second kappa shape index (κ2) is 9.96. The minimum atomic E-state index is 0.0851. The standard InChI is InChI=1S/C25H28N2O3S/c1-3-29-21-11-7-8-12-22(21)30-20-13-15-27(16-14-20)25(28)24-18(2)26-23(31-24)17-19-9-5-4-6-10-19/h4-12,20H,3,13-17H2,1-2H3. The van der Waals surface area contributed by atoms with Gasteiger partial charge in [0.25, 0.3) is 5.91 Å². The molecule has 0 bridgehead atoms. The molecule has 1 saturated heterocycles. The maximum atomic E-state index is 13.1. The van der Waals surface area contributed by atoms with E-state index in [-0.39, 0.29) is 12.0 Å². The van der Waals surface area contributed by atoms with Gasteiger partial charge in [0, 0.05) is 32.4 Å². The van der Waals surface area contributed by atoms with Crippen LogP contribution in [0.25, 0.3) is 0 Å². The quantitative estimate of drug-likeness (QED) is 0.516. The Bertz CT molecular complexity index is 1010. The van der Waals surface area contributed by atoms with Gasteiger partial charge in [-0.05, 0) is 31.5 Å².